The van der Waals surface area contributed by atoms with Crippen molar-refractivity contribution in [3.05, 3.63) is 95.3 Å². The van der Waals surface area contributed by atoms with Gasteiger partial charge in [-0.2, -0.15) is 0 Å². The molecule has 5 rings (SSSR count). The lowest BCUT2D eigenvalue weighted by Crippen LogP contribution is -2.21. The highest BCUT2D eigenvalue weighted by Crippen LogP contribution is 2.51. The zero-order valence-electron chi connectivity index (χ0n) is 19.3. The molecule has 1 heterocycles. The molecule has 0 atom stereocenters. The van der Waals surface area contributed by atoms with E-state index in [0.29, 0.717) is 5.56 Å². The first-order valence-corrected chi connectivity index (χ1v) is 11.3. The maximum absolute atomic E-state index is 11.9. The molecule has 0 bridgehead atoms. The van der Waals surface area contributed by atoms with Gasteiger partial charge in [0.2, 0.25) is 0 Å². The molecule has 4 nitrogen and oxygen atoms in total. The molecule has 164 valence electrons. The Labute approximate surface area is 189 Å². The van der Waals surface area contributed by atoms with Gasteiger partial charge < -0.3 is 9.30 Å². The lowest BCUT2D eigenvalue weighted by atomic mass is 10.0. The van der Waals surface area contributed by atoms with E-state index >= 15 is 0 Å². The maximum atomic E-state index is 11.9. The number of carbonyl (C=O) groups is 1. The van der Waals surface area contributed by atoms with Gasteiger partial charge in [0.15, 0.2) is 5.78 Å². The van der Waals surface area contributed by atoms with Crippen LogP contribution in [0.15, 0.2) is 72.8 Å². The minimum Gasteiger partial charge on any atom is -0.497 e. The van der Waals surface area contributed by atoms with Gasteiger partial charge in [-0.15, -0.1) is 0 Å². The number of Topliss-reactive ketones (excluding diaryl/α,β-unsaturated/α-hetero) is 1. The number of hydrogen-bond donors (Lipinski definition) is 0. The van der Waals surface area contributed by atoms with E-state index in [9.17, 15) is 4.79 Å². The van der Waals surface area contributed by atoms with Crippen molar-refractivity contribution in [2.24, 2.45) is 0 Å². The van der Waals surface area contributed by atoms with Crippen molar-refractivity contribution in [3.8, 4) is 5.75 Å². The second-order valence-electron chi connectivity index (χ2n) is 8.05. The van der Waals surface area contributed by atoms with E-state index in [-0.39, 0.29) is 11.3 Å². The second-order valence-corrected chi connectivity index (χ2v) is 8.05. The van der Waals surface area contributed by atoms with Gasteiger partial charge in [-0.1, -0.05) is 56.3 Å². The van der Waals surface area contributed by atoms with E-state index in [1.807, 2.05) is 38.1 Å². The zero-order valence-corrected chi connectivity index (χ0v) is 19.3. The van der Waals surface area contributed by atoms with Crippen LogP contribution in [0.1, 0.15) is 60.9 Å². The van der Waals surface area contributed by atoms with Gasteiger partial charge >= 0.3 is 0 Å². The lowest BCUT2D eigenvalue weighted by Gasteiger charge is -2.22. The maximum Gasteiger partial charge on any atom is 0.159 e. The molecule has 0 unspecified atom stereocenters. The molecule has 0 aliphatic heterocycles. The van der Waals surface area contributed by atoms with Crippen LogP contribution in [-0.4, -0.2) is 22.4 Å². The highest BCUT2D eigenvalue weighted by molar-refractivity contribution is 5.97. The van der Waals surface area contributed by atoms with Crippen LogP contribution >= 0.6 is 0 Å². The first-order valence-electron chi connectivity index (χ1n) is 11.3. The van der Waals surface area contributed by atoms with Crippen LogP contribution in [0.2, 0.25) is 0 Å². The average molecular weight is 427 g/mol. The second kappa shape index (κ2) is 8.99. The molecule has 1 aromatic heterocycles. The van der Waals surface area contributed by atoms with Crippen LogP contribution in [0.5, 0.6) is 5.75 Å². The molecule has 0 N–H and O–H groups in total. The summed E-state index contributed by atoms with van der Waals surface area (Å²) in [6.45, 7) is 5.60. The number of aromatic nitrogens is 2. The van der Waals surface area contributed by atoms with Gasteiger partial charge in [0.1, 0.15) is 11.6 Å². The van der Waals surface area contributed by atoms with Gasteiger partial charge in [-0.05, 0) is 61.2 Å². The SMILES string of the molecule is CC.COc1ccc(Cc2nc3cc(C(C)=O)ccc3n2C2(c3ccccc3)CC2)cc1. The van der Waals surface area contributed by atoms with Crippen LogP contribution in [-0.2, 0) is 12.0 Å². The molecule has 1 aliphatic rings. The van der Waals surface area contributed by atoms with Gasteiger partial charge in [0, 0.05) is 12.0 Å². The Kier molecular flexibility index (Phi) is 6.13. The Morgan fingerprint density at radius 3 is 2.28 bits per heavy atom. The summed E-state index contributed by atoms with van der Waals surface area (Å²) < 4.78 is 7.70. The van der Waals surface area contributed by atoms with E-state index in [0.717, 1.165) is 41.9 Å². The largest absolute Gasteiger partial charge is 0.497 e. The minimum atomic E-state index is -0.0600. The number of benzene rings is 3. The normalized spacial score (nSPS) is 13.9. The molecule has 32 heavy (non-hydrogen) atoms. The summed E-state index contributed by atoms with van der Waals surface area (Å²) in [5, 5.41) is 0. The molecule has 0 radical (unpaired) electrons. The number of carbonyl (C=O) groups excluding carboxylic acids is 1. The molecule has 3 aromatic carbocycles. The Hall–Kier alpha value is -3.40. The zero-order chi connectivity index (χ0) is 22.7. The molecule has 4 aromatic rings. The third-order valence-corrected chi connectivity index (χ3v) is 6.11. The number of ketones is 1. The molecule has 0 amide bonds. The highest BCUT2D eigenvalue weighted by atomic mass is 16.5. The third kappa shape index (κ3) is 3.93. The molecule has 4 heteroatoms. The van der Waals surface area contributed by atoms with Crippen molar-refractivity contribution in [2.75, 3.05) is 7.11 Å². The standard InChI is InChI=1S/C26H24N2O2.C2H6/c1-18(29)20-10-13-24-23(17-20)27-25(16-19-8-11-22(30-2)12-9-19)28(24)26(14-15-26)21-6-4-3-5-7-21;1-2/h3-13,17H,14-16H2,1-2H3;1-2H3. The van der Waals surface area contributed by atoms with Crippen molar-refractivity contribution in [1.29, 1.82) is 0 Å². The van der Waals surface area contributed by atoms with Crippen LogP contribution < -0.4 is 4.74 Å². The van der Waals surface area contributed by atoms with Crippen LogP contribution in [0.3, 0.4) is 0 Å². The van der Waals surface area contributed by atoms with Gasteiger partial charge in [0.05, 0.1) is 23.7 Å². The molecule has 0 spiro atoms. The Morgan fingerprint density at radius 1 is 1.00 bits per heavy atom. The summed E-state index contributed by atoms with van der Waals surface area (Å²) in [5.41, 5.74) is 5.11. The summed E-state index contributed by atoms with van der Waals surface area (Å²) in [5.74, 6) is 1.94. The number of methoxy groups -OCH3 is 1. The minimum absolute atomic E-state index is 0.0600. The molecular formula is C28H30N2O2. The predicted molar refractivity (Wildman–Crippen MR) is 130 cm³/mol. The fourth-order valence-corrected chi connectivity index (χ4v) is 4.38. The summed E-state index contributed by atoms with van der Waals surface area (Å²) in [6, 6.07) is 24.7. The van der Waals surface area contributed by atoms with E-state index in [1.165, 1.54) is 11.1 Å². The van der Waals surface area contributed by atoms with Crippen molar-refractivity contribution >= 4 is 16.8 Å². The summed E-state index contributed by atoms with van der Waals surface area (Å²) >= 11 is 0. The van der Waals surface area contributed by atoms with Crippen LogP contribution in [0, 0.1) is 0 Å². The predicted octanol–water partition coefficient (Wildman–Crippen LogP) is 6.40. The molecule has 1 saturated carbocycles. The van der Waals surface area contributed by atoms with Gasteiger partial charge in [-0.3, -0.25) is 4.79 Å². The molecule has 1 aliphatic carbocycles. The number of ether oxygens (including phenoxy) is 1. The molecule has 0 saturated heterocycles. The number of hydrogen-bond acceptors (Lipinski definition) is 3. The van der Waals surface area contributed by atoms with Crippen molar-refractivity contribution in [1.82, 2.24) is 9.55 Å². The van der Waals surface area contributed by atoms with E-state index in [4.69, 9.17) is 9.72 Å². The van der Waals surface area contributed by atoms with Crippen LogP contribution in [0.4, 0.5) is 0 Å². The molecule has 1 fully saturated rings. The summed E-state index contributed by atoms with van der Waals surface area (Å²) in [7, 11) is 1.68. The first-order chi connectivity index (χ1) is 15.6. The van der Waals surface area contributed by atoms with Gasteiger partial charge in [0.25, 0.3) is 0 Å². The Balaban J connectivity index is 0.00000119. The monoisotopic (exact) mass is 426 g/mol. The van der Waals surface area contributed by atoms with Crippen molar-refractivity contribution in [3.63, 3.8) is 0 Å². The Bertz CT molecular complexity index is 1220. The fraction of sp³-hybridized carbons (Fsp3) is 0.286. The van der Waals surface area contributed by atoms with Crippen molar-refractivity contribution < 1.29 is 9.53 Å². The van der Waals surface area contributed by atoms with Crippen molar-refractivity contribution in [2.45, 2.75) is 45.6 Å². The van der Waals surface area contributed by atoms with Gasteiger partial charge in [-0.25, -0.2) is 4.98 Å². The summed E-state index contributed by atoms with van der Waals surface area (Å²) in [6.07, 6.45) is 2.90. The number of rotatable bonds is 6. The van der Waals surface area contributed by atoms with E-state index in [1.54, 1.807) is 14.0 Å². The number of imidazole rings is 1. The quantitative estimate of drug-likeness (QED) is 0.335. The van der Waals surface area contributed by atoms with E-state index in [2.05, 4.69) is 53.1 Å². The first kappa shape index (κ1) is 21.8. The number of nitrogens with zero attached hydrogens (tertiary/aromatic N) is 2. The fourth-order valence-electron chi connectivity index (χ4n) is 4.38. The topological polar surface area (TPSA) is 44.1 Å². The van der Waals surface area contributed by atoms with Crippen LogP contribution in [0.25, 0.3) is 11.0 Å². The lowest BCUT2D eigenvalue weighted by molar-refractivity contribution is 0.101. The molecular weight excluding hydrogens is 396 g/mol. The Morgan fingerprint density at radius 2 is 1.69 bits per heavy atom. The summed E-state index contributed by atoms with van der Waals surface area (Å²) in [4.78, 5) is 16.9. The highest BCUT2D eigenvalue weighted by Gasteiger charge is 2.48. The van der Waals surface area contributed by atoms with E-state index < -0.39 is 0 Å². The average Bonchev–Trinajstić information content (AvgIpc) is 3.56. The smallest absolute Gasteiger partial charge is 0.159 e. The third-order valence-electron chi connectivity index (χ3n) is 6.11. The number of fused-ring (bicyclic) bond motifs is 1.